The fourth-order valence-corrected chi connectivity index (χ4v) is 1.55. The first kappa shape index (κ1) is 13.1. The minimum absolute atomic E-state index is 0.141. The molecule has 0 atom stereocenters. The highest BCUT2D eigenvalue weighted by molar-refractivity contribution is 5.86. The molecule has 0 aliphatic heterocycles. The van der Waals surface area contributed by atoms with Gasteiger partial charge in [-0.25, -0.2) is 0 Å². The maximum absolute atomic E-state index is 11.4. The second-order valence-corrected chi connectivity index (χ2v) is 3.54. The summed E-state index contributed by atoms with van der Waals surface area (Å²) in [4.78, 5) is 13.0. The van der Waals surface area contributed by atoms with Crippen molar-refractivity contribution in [3.8, 4) is 11.5 Å². The number of carbonyl (C=O) groups is 1. The van der Waals surface area contributed by atoms with Crippen LogP contribution in [0.4, 0.5) is 0 Å². The van der Waals surface area contributed by atoms with E-state index >= 15 is 0 Å². The van der Waals surface area contributed by atoms with E-state index in [0.717, 1.165) is 5.56 Å². The fourth-order valence-electron chi connectivity index (χ4n) is 1.55. The molecule has 1 amide bonds. The highest BCUT2D eigenvalue weighted by atomic mass is 16.5. The van der Waals surface area contributed by atoms with Gasteiger partial charge in [0.2, 0.25) is 5.91 Å². The molecule has 0 aliphatic rings. The van der Waals surface area contributed by atoms with Crippen LogP contribution in [-0.2, 0) is 11.3 Å². The molecule has 0 bridgehead atoms. The zero-order valence-corrected chi connectivity index (χ0v) is 10.4. The van der Waals surface area contributed by atoms with Crippen LogP contribution >= 0.6 is 0 Å². The smallest absolute Gasteiger partial charge is 0.246 e. The highest BCUT2D eigenvalue weighted by Gasteiger charge is 2.13. The van der Waals surface area contributed by atoms with E-state index in [1.165, 1.54) is 6.08 Å². The van der Waals surface area contributed by atoms with Crippen LogP contribution in [0.2, 0.25) is 0 Å². The fraction of sp³-hybridized carbons (Fsp3) is 0.308. The van der Waals surface area contributed by atoms with E-state index in [2.05, 4.69) is 6.58 Å². The minimum atomic E-state index is -0.141. The Bertz CT molecular complexity index is 393. The van der Waals surface area contributed by atoms with E-state index < -0.39 is 0 Å². The zero-order valence-electron chi connectivity index (χ0n) is 10.4. The van der Waals surface area contributed by atoms with Crippen molar-refractivity contribution in [3.63, 3.8) is 0 Å². The molecule has 4 heteroatoms. The SMILES string of the molecule is C=CC(=O)N(C)Cc1c(OC)cccc1OC. The van der Waals surface area contributed by atoms with Crippen molar-refractivity contribution in [2.75, 3.05) is 21.3 Å². The van der Waals surface area contributed by atoms with Gasteiger partial charge >= 0.3 is 0 Å². The van der Waals surface area contributed by atoms with Crippen LogP contribution in [0.5, 0.6) is 11.5 Å². The average Bonchev–Trinajstić information content (AvgIpc) is 2.37. The van der Waals surface area contributed by atoms with Gasteiger partial charge in [-0.1, -0.05) is 12.6 Å². The Morgan fingerprint density at radius 2 is 1.88 bits per heavy atom. The van der Waals surface area contributed by atoms with Crippen molar-refractivity contribution in [1.82, 2.24) is 4.90 Å². The Hall–Kier alpha value is -1.97. The van der Waals surface area contributed by atoms with Crippen LogP contribution in [0.15, 0.2) is 30.9 Å². The second kappa shape index (κ2) is 5.94. The number of methoxy groups -OCH3 is 2. The largest absolute Gasteiger partial charge is 0.496 e. The van der Waals surface area contributed by atoms with Crippen molar-refractivity contribution >= 4 is 5.91 Å². The van der Waals surface area contributed by atoms with E-state index in [4.69, 9.17) is 9.47 Å². The lowest BCUT2D eigenvalue weighted by atomic mass is 10.1. The second-order valence-electron chi connectivity index (χ2n) is 3.54. The number of hydrogen-bond acceptors (Lipinski definition) is 3. The molecule has 1 aromatic carbocycles. The van der Waals surface area contributed by atoms with Crippen LogP contribution in [0.25, 0.3) is 0 Å². The lowest BCUT2D eigenvalue weighted by Crippen LogP contribution is -2.24. The van der Waals surface area contributed by atoms with Gasteiger partial charge in [0.1, 0.15) is 11.5 Å². The summed E-state index contributed by atoms with van der Waals surface area (Å²) in [6.07, 6.45) is 1.28. The van der Waals surface area contributed by atoms with Gasteiger partial charge in [-0.2, -0.15) is 0 Å². The van der Waals surface area contributed by atoms with Crippen LogP contribution in [0, 0.1) is 0 Å². The van der Waals surface area contributed by atoms with Gasteiger partial charge < -0.3 is 14.4 Å². The van der Waals surface area contributed by atoms with Crippen LogP contribution in [0.1, 0.15) is 5.56 Å². The van der Waals surface area contributed by atoms with Crippen LogP contribution in [0.3, 0.4) is 0 Å². The number of likely N-dealkylation sites (N-methyl/N-ethyl adjacent to an activating group) is 1. The molecule has 1 rings (SSSR count). The Balaban J connectivity index is 3.02. The predicted molar refractivity (Wildman–Crippen MR) is 66.2 cm³/mol. The summed E-state index contributed by atoms with van der Waals surface area (Å²) in [7, 11) is 4.89. The lowest BCUT2D eigenvalue weighted by molar-refractivity contribution is -0.125. The number of benzene rings is 1. The van der Waals surface area contributed by atoms with E-state index in [1.54, 1.807) is 26.2 Å². The zero-order chi connectivity index (χ0) is 12.8. The highest BCUT2D eigenvalue weighted by Crippen LogP contribution is 2.29. The number of nitrogens with zero attached hydrogens (tertiary/aromatic N) is 1. The summed E-state index contributed by atoms with van der Waals surface area (Å²) in [5.74, 6) is 1.26. The van der Waals surface area contributed by atoms with Gasteiger partial charge in [-0.05, 0) is 18.2 Å². The molecule has 0 spiro atoms. The van der Waals surface area contributed by atoms with Gasteiger partial charge in [0.15, 0.2) is 0 Å². The summed E-state index contributed by atoms with van der Waals surface area (Å²) >= 11 is 0. The van der Waals surface area contributed by atoms with Crippen molar-refractivity contribution < 1.29 is 14.3 Å². The third-order valence-corrected chi connectivity index (χ3v) is 2.48. The standard InChI is InChI=1S/C13H17NO3/c1-5-13(15)14(2)9-10-11(16-3)7-6-8-12(10)17-4/h5-8H,1,9H2,2-4H3. The van der Waals surface area contributed by atoms with Gasteiger partial charge in [0.05, 0.1) is 26.3 Å². The quantitative estimate of drug-likeness (QED) is 0.731. The minimum Gasteiger partial charge on any atom is -0.496 e. The number of ether oxygens (including phenoxy) is 2. The molecular formula is C13H17NO3. The van der Waals surface area contributed by atoms with Crippen molar-refractivity contribution in [2.45, 2.75) is 6.54 Å². The van der Waals surface area contributed by atoms with Gasteiger partial charge in [-0.3, -0.25) is 4.79 Å². The first-order chi connectivity index (χ1) is 8.13. The topological polar surface area (TPSA) is 38.8 Å². The van der Waals surface area contributed by atoms with Crippen LogP contribution in [-0.4, -0.2) is 32.1 Å². The lowest BCUT2D eigenvalue weighted by Gasteiger charge is -2.19. The van der Waals surface area contributed by atoms with Crippen molar-refractivity contribution in [2.24, 2.45) is 0 Å². The molecule has 0 aliphatic carbocycles. The summed E-state index contributed by atoms with van der Waals surface area (Å²) in [5, 5.41) is 0. The van der Waals surface area contributed by atoms with Crippen molar-refractivity contribution in [1.29, 1.82) is 0 Å². The number of amides is 1. The molecule has 4 nitrogen and oxygen atoms in total. The summed E-state index contributed by atoms with van der Waals surface area (Å²) in [6.45, 7) is 3.87. The molecular weight excluding hydrogens is 218 g/mol. The molecule has 1 aromatic rings. The summed E-state index contributed by atoms with van der Waals surface area (Å²) < 4.78 is 10.5. The monoisotopic (exact) mass is 235 g/mol. The molecule has 0 aromatic heterocycles. The average molecular weight is 235 g/mol. The number of carbonyl (C=O) groups excluding carboxylic acids is 1. The van der Waals surface area contributed by atoms with Gasteiger partial charge in [0, 0.05) is 7.05 Å². The molecule has 0 unspecified atom stereocenters. The maximum atomic E-state index is 11.4. The molecule has 0 saturated carbocycles. The molecule has 0 saturated heterocycles. The van der Waals surface area contributed by atoms with E-state index in [-0.39, 0.29) is 5.91 Å². The van der Waals surface area contributed by atoms with Crippen LogP contribution < -0.4 is 9.47 Å². The third-order valence-electron chi connectivity index (χ3n) is 2.48. The Morgan fingerprint density at radius 3 is 2.29 bits per heavy atom. The molecule has 0 heterocycles. The normalized spacial score (nSPS) is 9.59. The Morgan fingerprint density at radius 1 is 1.35 bits per heavy atom. The third kappa shape index (κ3) is 3.00. The molecule has 17 heavy (non-hydrogen) atoms. The van der Waals surface area contributed by atoms with E-state index in [0.29, 0.717) is 18.0 Å². The molecule has 0 radical (unpaired) electrons. The van der Waals surface area contributed by atoms with E-state index in [9.17, 15) is 4.79 Å². The maximum Gasteiger partial charge on any atom is 0.246 e. The number of hydrogen-bond donors (Lipinski definition) is 0. The van der Waals surface area contributed by atoms with Crippen molar-refractivity contribution in [3.05, 3.63) is 36.4 Å². The first-order valence-corrected chi connectivity index (χ1v) is 5.21. The summed E-state index contributed by atoms with van der Waals surface area (Å²) in [5.41, 5.74) is 0.843. The molecule has 0 N–H and O–H groups in total. The Labute approximate surface area is 101 Å². The first-order valence-electron chi connectivity index (χ1n) is 5.21. The predicted octanol–water partition coefficient (Wildman–Crippen LogP) is 1.85. The number of rotatable bonds is 5. The molecule has 0 fully saturated rings. The molecule has 92 valence electrons. The van der Waals surface area contributed by atoms with Gasteiger partial charge in [0.25, 0.3) is 0 Å². The van der Waals surface area contributed by atoms with Gasteiger partial charge in [-0.15, -0.1) is 0 Å². The van der Waals surface area contributed by atoms with E-state index in [1.807, 2.05) is 18.2 Å². The Kier molecular flexibility index (Phi) is 4.57. The summed E-state index contributed by atoms with van der Waals surface area (Å²) in [6, 6.07) is 5.52.